The predicted octanol–water partition coefficient (Wildman–Crippen LogP) is -1.59. The Labute approximate surface area is 77.1 Å². The third-order valence-electron chi connectivity index (χ3n) is 2.29. The van der Waals surface area contributed by atoms with E-state index in [1.54, 1.807) is 0 Å². The highest BCUT2D eigenvalue weighted by molar-refractivity contribution is 5.73. The number of carbonyl (C=O) groups is 1. The maximum atomic E-state index is 10.7. The van der Waals surface area contributed by atoms with Crippen molar-refractivity contribution in [2.75, 3.05) is 6.54 Å². The van der Waals surface area contributed by atoms with Gasteiger partial charge in [0, 0.05) is 13.5 Å². The molecule has 0 aromatic rings. The van der Waals surface area contributed by atoms with Gasteiger partial charge < -0.3 is 15.5 Å². The number of nitrogens with one attached hydrogen (secondary N) is 2. The Morgan fingerprint density at radius 2 is 2.08 bits per heavy atom. The van der Waals surface area contributed by atoms with Crippen molar-refractivity contribution in [2.45, 2.75) is 32.2 Å². The molecule has 1 aliphatic heterocycles. The molecule has 0 bridgehead atoms. The van der Waals surface area contributed by atoms with Gasteiger partial charge in [0.1, 0.15) is 12.3 Å². The van der Waals surface area contributed by atoms with Crippen molar-refractivity contribution in [2.24, 2.45) is 5.92 Å². The number of amides is 1. The second kappa shape index (κ2) is 4.04. The summed E-state index contributed by atoms with van der Waals surface area (Å²) in [7, 11) is 0. The van der Waals surface area contributed by atoms with Crippen LogP contribution in [0.4, 0.5) is 0 Å². The Hall–Kier alpha value is -0.650. The summed E-state index contributed by atoms with van der Waals surface area (Å²) in [4.78, 5) is 10.7. The highest BCUT2D eigenvalue weighted by atomic mass is 16.3. The van der Waals surface area contributed by atoms with Gasteiger partial charge in [-0.05, 0) is 5.92 Å². The first-order valence-corrected chi connectivity index (χ1v) is 4.39. The quantitative estimate of drug-likeness (QED) is 0.400. The summed E-state index contributed by atoms with van der Waals surface area (Å²) in [6.07, 6.45) is -2.26. The molecule has 1 aliphatic rings. The second-order valence-electron chi connectivity index (χ2n) is 3.54. The van der Waals surface area contributed by atoms with E-state index in [0.29, 0.717) is 6.54 Å². The zero-order valence-corrected chi connectivity index (χ0v) is 7.82. The smallest absolute Gasteiger partial charge is 0.218 e. The lowest BCUT2D eigenvalue weighted by atomic mass is 9.93. The molecule has 1 saturated heterocycles. The van der Waals surface area contributed by atoms with E-state index >= 15 is 0 Å². The van der Waals surface area contributed by atoms with Gasteiger partial charge in [0.15, 0.2) is 0 Å². The van der Waals surface area contributed by atoms with Gasteiger partial charge in [-0.2, -0.15) is 0 Å². The van der Waals surface area contributed by atoms with Gasteiger partial charge in [0.2, 0.25) is 5.91 Å². The average Bonchev–Trinajstić information content (AvgIpc) is 2.06. The fourth-order valence-electron chi connectivity index (χ4n) is 1.44. The first kappa shape index (κ1) is 10.4. The molecule has 0 unspecified atom stereocenters. The number of hydrogen-bond donors (Lipinski definition) is 4. The number of hydrogen-bond acceptors (Lipinski definition) is 4. The van der Waals surface area contributed by atoms with Crippen LogP contribution in [0.15, 0.2) is 0 Å². The van der Waals surface area contributed by atoms with Crippen LogP contribution in [0.1, 0.15) is 13.8 Å². The van der Waals surface area contributed by atoms with Crippen LogP contribution in [-0.2, 0) is 4.79 Å². The van der Waals surface area contributed by atoms with Crippen molar-refractivity contribution in [1.82, 2.24) is 10.6 Å². The lowest BCUT2D eigenvalue weighted by Crippen LogP contribution is -2.63. The molecule has 1 rings (SSSR count). The normalized spacial score (nSPS) is 40.0. The predicted molar refractivity (Wildman–Crippen MR) is 46.8 cm³/mol. The Balaban J connectivity index is 2.53. The Morgan fingerprint density at radius 3 is 2.62 bits per heavy atom. The molecule has 4 N–H and O–H groups in total. The fraction of sp³-hybridized carbons (Fsp3) is 0.875. The summed E-state index contributed by atoms with van der Waals surface area (Å²) >= 11 is 0. The van der Waals surface area contributed by atoms with Crippen LogP contribution in [0.2, 0.25) is 0 Å². The Morgan fingerprint density at radius 1 is 1.46 bits per heavy atom. The summed E-state index contributed by atoms with van der Waals surface area (Å²) in [6, 6.07) is 0. The summed E-state index contributed by atoms with van der Waals surface area (Å²) in [5.41, 5.74) is 0. The van der Waals surface area contributed by atoms with Crippen molar-refractivity contribution in [3.05, 3.63) is 0 Å². The Bertz CT molecular complexity index is 198. The third-order valence-corrected chi connectivity index (χ3v) is 2.29. The van der Waals surface area contributed by atoms with Gasteiger partial charge in [-0.15, -0.1) is 0 Å². The van der Waals surface area contributed by atoms with E-state index in [1.807, 2.05) is 6.92 Å². The SMILES string of the molecule is CC(=O)N[C@@H]1NC[C@@H](C)[C@@H](O)[C@H]1O. The van der Waals surface area contributed by atoms with Crippen molar-refractivity contribution < 1.29 is 15.0 Å². The molecule has 5 heteroatoms. The monoisotopic (exact) mass is 188 g/mol. The third kappa shape index (κ3) is 2.40. The fourth-order valence-corrected chi connectivity index (χ4v) is 1.44. The van der Waals surface area contributed by atoms with Crippen LogP contribution in [0.25, 0.3) is 0 Å². The maximum Gasteiger partial charge on any atom is 0.218 e. The number of carbonyl (C=O) groups excluding carboxylic acids is 1. The van der Waals surface area contributed by atoms with E-state index in [1.165, 1.54) is 6.92 Å². The van der Waals surface area contributed by atoms with Crippen molar-refractivity contribution >= 4 is 5.91 Å². The number of aliphatic hydroxyl groups is 2. The number of rotatable bonds is 1. The van der Waals surface area contributed by atoms with Gasteiger partial charge in [-0.25, -0.2) is 0 Å². The standard InChI is InChI=1S/C8H16N2O3/c1-4-3-9-8(10-5(2)11)7(13)6(4)12/h4,6-9,12-13H,3H2,1-2H3,(H,10,11)/t4-,6-,7-,8+/m1/s1. The van der Waals surface area contributed by atoms with Crippen molar-refractivity contribution in [3.63, 3.8) is 0 Å². The highest BCUT2D eigenvalue weighted by Crippen LogP contribution is 2.13. The van der Waals surface area contributed by atoms with Crippen LogP contribution in [0, 0.1) is 5.92 Å². The summed E-state index contributed by atoms with van der Waals surface area (Å²) in [5.74, 6) is -0.224. The minimum Gasteiger partial charge on any atom is -0.390 e. The van der Waals surface area contributed by atoms with Crippen LogP contribution in [0.3, 0.4) is 0 Å². The molecule has 4 atom stereocenters. The van der Waals surface area contributed by atoms with Gasteiger partial charge >= 0.3 is 0 Å². The van der Waals surface area contributed by atoms with Crippen molar-refractivity contribution in [3.8, 4) is 0 Å². The minimum atomic E-state index is -0.937. The number of piperidine rings is 1. The minimum absolute atomic E-state index is 0.00000756. The van der Waals surface area contributed by atoms with E-state index in [2.05, 4.69) is 10.6 Å². The summed E-state index contributed by atoms with van der Waals surface area (Å²) in [5, 5.41) is 24.5. The van der Waals surface area contributed by atoms with Gasteiger partial charge in [-0.1, -0.05) is 6.92 Å². The molecular formula is C8H16N2O3. The molecule has 0 aliphatic carbocycles. The molecule has 76 valence electrons. The molecule has 0 aromatic carbocycles. The summed E-state index contributed by atoms with van der Waals surface area (Å²) < 4.78 is 0. The Kier molecular flexibility index (Phi) is 3.24. The maximum absolute atomic E-state index is 10.7. The van der Waals surface area contributed by atoms with E-state index in [0.717, 1.165) is 0 Å². The van der Waals surface area contributed by atoms with Crippen LogP contribution in [0.5, 0.6) is 0 Å². The number of aliphatic hydroxyl groups excluding tert-OH is 2. The molecule has 0 aromatic heterocycles. The average molecular weight is 188 g/mol. The molecule has 0 saturated carbocycles. The largest absolute Gasteiger partial charge is 0.390 e. The van der Waals surface area contributed by atoms with Gasteiger partial charge in [0.05, 0.1) is 6.10 Å². The second-order valence-corrected chi connectivity index (χ2v) is 3.54. The summed E-state index contributed by atoms with van der Waals surface area (Å²) in [6.45, 7) is 3.80. The van der Waals surface area contributed by atoms with E-state index < -0.39 is 18.4 Å². The molecule has 13 heavy (non-hydrogen) atoms. The zero-order chi connectivity index (χ0) is 10.0. The molecule has 1 heterocycles. The molecule has 1 amide bonds. The van der Waals surface area contributed by atoms with E-state index in [9.17, 15) is 15.0 Å². The van der Waals surface area contributed by atoms with E-state index in [4.69, 9.17) is 0 Å². The van der Waals surface area contributed by atoms with Crippen LogP contribution < -0.4 is 10.6 Å². The van der Waals surface area contributed by atoms with Gasteiger partial charge in [-0.3, -0.25) is 10.1 Å². The van der Waals surface area contributed by atoms with Crippen LogP contribution >= 0.6 is 0 Å². The molecule has 5 nitrogen and oxygen atoms in total. The molecular weight excluding hydrogens is 172 g/mol. The first-order valence-electron chi connectivity index (χ1n) is 4.39. The molecule has 0 radical (unpaired) electrons. The molecule has 0 spiro atoms. The first-order chi connectivity index (χ1) is 6.02. The van der Waals surface area contributed by atoms with Gasteiger partial charge in [0.25, 0.3) is 0 Å². The lowest BCUT2D eigenvalue weighted by molar-refractivity contribution is -0.123. The molecule has 1 fully saturated rings. The van der Waals surface area contributed by atoms with E-state index in [-0.39, 0.29) is 11.8 Å². The van der Waals surface area contributed by atoms with Crippen molar-refractivity contribution in [1.29, 1.82) is 0 Å². The van der Waals surface area contributed by atoms with Crippen LogP contribution in [-0.4, -0.2) is 41.0 Å². The highest BCUT2D eigenvalue weighted by Gasteiger charge is 2.35. The zero-order valence-electron chi connectivity index (χ0n) is 7.82. The lowest BCUT2D eigenvalue weighted by Gasteiger charge is -2.37. The topological polar surface area (TPSA) is 81.6 Å².